The highest BCUT2D eigenvalue weighted by Crippen LogP contribution is 2.11. The van der Waals surface area contributed by atoms with Crippen LogP contribution in [0, 0.1) is 0 Å². The van der Waals surface area contributed by atoms with E-state index in [0.29, 0.717) is 5.78 Å². The van der Waals surface area contributed by atoms with Crippen LogP contribution in [0.25, 0.3) is 0 Å². The van der Waals surface area contributed by atoms with Gasteiger partial charge in [0.25, 0.3) is 0 Å². The van der Waals surface area contributed by atoms with Crippen LogP contribution in [0.4, 0.5) is 0 Å². The number of halogens is 1. The molecular weight excluding hydrogens is 290 g/mol. The van der Waals surface area contributed by atoms with Gasteiger partial charge in [0, 0.05) is 31.3 Å². The number of Topliss-reactive ketones (excluding diaryl/α,β-unsaturated/α-hetero) is 1. The molecular formula is C15H28BrNO. The van der Waals surface area contributed by atoms with Crippen LogP contribution in [0.15, 0.2) is 0 Å². The summed E-state index contributed by atoms with van der Waals surface area (Å²) in [6, 6.07) is 0. The minimum Gasteiger partial charge on any atom is -0.302 e. The molecule has 0 aromatic rings. The lowest BCUT2D eigenvalue weighted by Crippen LogP contribution is -2.34. The molecule has 2 nitrogen and oxygen atoms in total. The van der Waals surface area contributed by atoms with E-state index in [9.17, 15) is 4.79 Å². The van der Waals surface area contributed by atoms with Gasteiger partial charge in [-0.15, -0.1) is 0 Å². The molecule has 1 heterocycles. The summed E-state index contributed by atoms with van der Waals surface area (Å²) < 4.78 is 0. The van der Waals surface area contributed by atoms with Crippen molar-refractivity contribution in [1.29, 1.82) is 0 Å². The van der Waals surface area contributed by atoms with E-state index in [-0.39, 0.29) is 0 Å². The van der Waals surface area contributed by atoms with Crippen LogP contribution in [0.2, 0.25) is 0 Å². The van der Waals surface area contributed by atoms with Gasteiger partial charge in [-0.1, -0.05) is 54.5 Å². The van der Waals surface area contributed by atoms with Crippen molar-refractivity contribution in [3.05, 3.63) is 0 Å². The fraction of sp³-hybridized carbons (Fsp3) is 0.933. The predicted octanol–water partition coefficient (Wildman–Crippen LogP) is 4.17. The lowest BCUT2D eigenvalue weighted by molar-refractivity contribution is -0.121. The molecule has 1 aliphatic heterocycles. The van der Waals surface area contributed by atoms with Crippen molar-refractivity contribution >= 4 is 21.7 Å². The maximum atomic E-state index is 11.1. The summed E-state index contributed by atoms with van der Waals surface area (Å²) in [7, 11) is 0. The first-order valence-electron chi connectivity index (χ1n) is 7.63. The molecule has 106 valence electrons. The molecule has 1 fully saturated rings. The molecule has 1 saturated heterocycles. The fourth-order valence-corrected chi connectivity index (χ4v) is 2.91. The van der Waals surface area contributed by atoms with Gasteiger partial charge >= 0.3 is 0 Å². The van der Waals surface area contributed by atoms with Crippen molar-refractivity contribution in [2.75, 3.05) is 25.0 Å². The second-order valence-corrected chi connectivity index (χ2v) is 6.19. The summed E-state index contributed by atoms with van der Waals surface area (Å²) >= 11 is 3.47. The molecule has 0 radical (unpaired) electrons. The van der Waals surface area contributed by atoms with Crippen LogP contribution in [-0.2, 0) is 4.79 Å². The molecule has 0 spiro atoms. The number of ketones is 1. The lowest BCUT2D eigenvalue weighted by atomic mass is 10.1. The topological polar surface area (TPSA) is 20.3 Å². The quantitative estimate of drug-likeness (QED) is 0.445. The lowest BCUT2D eigenvalue weighted by Gasteiger charge is -2.25. The largest absolute Gasteiger partial charge is 0.302 e. The summed E-state index contributed by atoms with van der Waals surface area (Å²) in [4.78, 5) is 13.6. The van der Waals surface area contributed by atoms with Crippen molar-refractivity contribution in [1.82, 2.24) is 4.90 Å². The number of carbonyl (C=O) groups excluding carboxylic acids is 1. The Morgan fingerprint density at radius 3 is 1.89 bits per heavy atom. The van der Waals surface area contributed by atoms with Gasteiger partial charge in [0.2, 0.25) is 0 Å². The number of rotatable bonds is 10. The molecule has 0 bridgehead atoms. The van der Waals surface area contributed by atoms with Gasteiger partial charge in [0.15, 0.2) is 0 Å². The Morgan fingerprint density at radius 2 is 1.33 bits per heavy atom. The molecule has 0 aromatic heterocycles. The SMILES string of the molecule is O=C1CCN(CCCCCCCCCCBr)CC1. The van der Waals surface area contributed by atoms with Crippen LogP contribution < -0.4 is 0 Å². The van der Waals surface area contributed by atoms with E-state index >= 15 is 0 Å². The third kappa shape index (κ3) is 8.25. The van der Waals surface area contributed by atoms with Crippen molar-refractivity contribution in [2.24, 2.45) is 0 Å². The zero-order valence-electron chi connectivity index (χ0n) is 11.6. The average molecular weight is 318 g/mol. The second-order valence-electron chi connectivity index (χ2n) is 5.40. The van der Waals surface area contributed by atoms with Gasteiger partial charge in [0.05, 0.1) is 0 Å². The average Bonchev–Trinajstić information content (AvgIpc) is 2.39. The Kier molecular flexibility index (Phi) is 9.86. The van der Waals surface area contributed by atoms with E-state index in [4.69, 9.17) is 0 Å². The normalized spacial score (nSPS) is 17.3. The van der Waals surface area contributed by atoms with E-state index in [1.165, 1.54) is 57.9 Å². The third-order valence-corrected chi connectivity index (χ3v) is 4.33. The van der Waals surface area contributed by atoms with E-state index in [1.54, 1.807) is 0 Å². The van der Waals surface area contributed by atoms with Crippen molar-refractivity contribution < 1.29 is 4.79 Å². The first-order valence-corrected chi connectivity index (χ1v) is 8.75. The van der Waals surface area contributed by atoms with Gasteiger partial charge in [0.1, 0.15) is 5.78 Å². The van der Waals surface area contributed by atoms with E-state index in [2.05, 4.69) is 20.8 Å². The fourth-order valence-electron chi connectivity index (χ4n) is 2.52. The summed E-state index contributed by atoms with van der Waals surface area (Å²) in [6.45, 7) is 3.22. The molecule has 3 heteroatoms. The molecule has 0 amide bonds. The number of unbranched alkanes of at least 4 members (excludes halogenated alkanes) is 7. The summed E-state index contributed by atoms with van der Waals surface area (Å²) in [5.74, 6) is 0.453. The summed E-state index contributed by atoms with van der Waals surface area (Å²) in [5, 5.41) is 1.16. The molecule has 0 saturated carbocycles. The Hall–Kier alpha value is 0.110. The Morgan fingerprint density at radius 1 is 0.833 bits per heavy atom. The van der Waals surface area contributed by atoms with Crippen molar-refractivity contribution in [2.45, 2.75) is 64.2 Å². The Balaban J connectivity index is 1.80. The van der Waals surface area contributed by atoms with Gasteiger partial charge in [-0.3, -0.25) is 4.79 Å². The van der Waals surface area contributed by atoms with E-state index in [0.717, 1.165) is 31.3 Å². The standard InChI is InChI=1S/C15H28BrNO/c16-11-7-5-3-1-2-4-6-8-12-17-13-9-15(18)10-14-17/h1-14H2. The first-order chi connectivity index (χ1) is 8.83. The highest BCUT2D eigenvalue weighted by Gasteiger charge is 2.14. The highest BCUT2D eigenvalue weighted by molar-refractivity contribution is 9.09. The number of hydrogen-bond donors (Lipinski definition) is 0. The van der Waals surface area contributed by atoms with Crippen LogP contribution >= 0.6 is 15.9 Å². The minimum atomic E-state index is 0.453. The molecule has 1 rings (SSSR count). The van der Waals surface area contributed by atoms with Gasteiger partial charge in [-0.05, 0) is 19.4 Å². The molecule has 1 aliphatic rings. The highest BCUT2D eigenvalue weighted by atomic mass is 79.9. The number of nitrogens with zero attached hydrogens (tertiary/aromatic N) is 1. The van der Waals surface area contributed by atoms with Gasteiger partial charge in [-0.2, -0.15) is 0 Å². The van der Waals surface area contributed by atoms with Crippen molar-refractivity contribution in [3.8, 4) is 0 Å². The second kappa shape index (κ2) is 11.0. The monoisotopic (exact) mass is 317 g/mol. The Labute approximate surface area is 121 Å². The molecule has 0 unspecified atom stereocenters. The van der Waals surface area contributed by atoms with Crippen LogP contribution in [0.5, 0.6) is 0 Å². The Bertz CT molecular complexity index is 211. The maximum absolute atomic E-state index is 11.1. The number of likely N-dealkylation sites (tertiary alicyclic amines) is 1. The van der Waals surface area contributed by atoms with Gasteiger partial charge in [-0.25, -0.2) is 0 Å². The maximum Gasteiger partial charge on any atom is 0.135 e. The zero-order valence-corrected chi connectivity index (χ0v) is 13.2. The summed E-state index contributed by atoms with van der Waals surface area (Å²) in [5.41, 5.74) is 0. The molecule has 0 aliphatic carbocycles. The van der Waals surface area contributed by atoms with Crippen LogP contribution in [0.1, 0.15) is 64.2 Å². The van der Waals surface area contributed by atoms with Crippen LogP contribution in [0.3, 0.4) is 0 Å². The number of alkyl halides is 1. The number of hydrogen-bond acceptors (Lipinski definition) is 2. The van der Waals surface area contributed by atoms with Gasteiger partial charge < -0.3 is 4.90 Å². The summed E-state index contributed by atoms with van der Waals surface area (Å²) in [6.07, 6.45) is 12.6. The number of piperidine rings is 1. The number of carbonyl (C=O) groups is 1. The molecule has 0 atom stereocenters. The first kappa shape index (κ1) is 16.2. The van der Waals surface area contributed by atoms with Crippen molar-refractivity contribution in [3.63, 3.8) is 0 Å². The van der Waals surface area contributed by atoms with E-state index < -0.39 is 0 Å². The molecule has 0 N–H and O–H groups in total. The predicted molar refractivity (Wildman–Crippen MR) is 81.4 cm³/mol. The molecule has 0 aromatic carbocycles. The smallest absolute Gasteiger partial charge is 0.135 e. The van der Waals surface area contributed by atoms with E-state index in [1.807, 2.05) is 0 Å². The molecule has 18 heavy (non-hydrogen) atoms. The third-order valence-electron chi connectivity index (χ3n) is 3.77. The zero-order chi connectivity index (χ0) is 13.1. The van der Waals surface area contributed by atoms with Crippen LogP contribution in [-0.4, -0.2) is 35.6 Å². The minimum absolute atomic E-state index is 0.453.